The van der Waals surface area contributed by atoms with Gasteiger partial charge in [0.2, 0.25) is 5.91 Å². The van der Waals surface area contributed by atoms with Crippen molar-refractivity contribution in [3.8, 4) is 11.1 Å². The molecule has 35 heavy (non-hydrogen) atoms. The van der Waals surface area contributed by atoms with Gasteiger partial charge in [-0.1, -0.05) is 61.4 Å². The smallest absolute Gasteiger partial charge is 0.407 e. The van der Waals surface area contributed by atoms with Crippen LogP contribution in [0, 0.1) is 11.8 Å². The molecule has 1 saturated heterocycles. The number of likely N-dealkylation sites (tertiary alicyclic amines) is 1. The van der Waals surface area contributed by atoms with Gasteiger partial charge in [0.1, 0.15) is 12.6 Å². The topological polar surface area (TPSA) is 95.9 Å². The average Bonchev–Trinajstić information content (AvgIpc) is 3.50. The molecule has 0 spiro atoms. The van der Waals surface area contributed by atoms with Crippen LogP contribution in [0.15, 0.2) is 48.5 Å². The summed E-state index contributed by atoms with van der Waals surface area (Å²) in [6.45, 7) is 1.11. The minimum atomic E-state index is -0.931. The molecule has 0 radical (unpaired) electrons. The number of fused-ring (bicyclic) bond motifs is 3. The average molecular weight is 477 g/mol. The summed E-state index contributed by atoms with van der Waals surface area (Å²) in [7, 11) is 0. The highest BCUT2D eigenvalue weighted by Crippen LogP contribution is 2.44. The van der Waals surface area contributed by atoms with Crippen molar-refractivity contribution in [1.29, 1.82) is 0 Å². The third-order valence-corrected chi connectivity index (χ3v) is 7.90. The van der Waals surface area contributed by atoms with E-state index >= 15 is 0 Å². The number of carboxylic acid groups (broad SMARTS) is 1. The van der Waals surface area contributed by atoms with Gasteiger partial charge in [0, 0.05) is 24.9 Å². The second-order valence-electron chi connectivity index (χ2n) is 9.89. The van der Waals surface area contributed by atoms with E-state index in [0.717, 1.165) is 43.2 Å². The molecular weight excluding hydrogens is 444 g/mol. The number of hydrogen-bond donors (Lipinski definition) is 2. The summed E-state index contributed by atoms with van der Waals surface area (Å²) in [5, 5.41) is 12.4. The third kappa shape index (κ3) is 4.64. The molecule has 1 saturated carbocycles. The van der Waals surface area contributed by atoms with Gasteiger partial charge in [0.05, 0.1) is 0 Å². The summed E-state index contributed by atoms with van der Waals surface area (Å²) in [6.07, 6.45) is 4.28. The second-order valence-corrected chi connectivity index (χ2v) is 9.89. The zero-order valence-electron chi connectivity index (χ0n) is 19.8. The standard InChI is InChI=1S/C28H32N2O5/c31-26(30-15-7-14-25(30)27(32)33)19-9-2-1-8-18(19)16-29-28(34)35-17-24-22-12-5-3-10-20(22)21-11-4-6-13-23(21)24/h3-6,10-13,18-19,24-25H,1-2,7-9,14-17H2,(H,29,34)(H,32,33)/t18-,19-,25+/m1/s1. The van der Waals surface area contributed by atoms with Gasteiger partial charge in [0.15, 0.2) is 0 Å². The monoisotopic (exact) mass is 476 g/mol. The first-order valence-corrected chi connectivity index (χ1v) is 12.7. The fourth-order valence-corrected chi connectivity index (χ4v) is 6.14. The molecule has 2 N–H and O–H groups in total. The van der Waals surface area contributed by atoms with Crippen LogP contribution in [-0.2, 0) is 14.3 Å². The Bertz CT molecular complexity index is 1070. The minimum Gasteiger partial charge on any atom is -0.480 e. The Morgan fingerprint density at radius 1 is 0.914 bits per heavy atom. The number of nitrogens with zero attached hydrogens (tertiary/aromatic N) is 1. The molecule has 5 rings (SSSR count). The van der Waals surface area contributed by atoms with Crippen molar-refractivity contribution >= 4 is 18.0 Å². The Balaban J connectivity index is 1.19. The van der Waals surface area contributed by atoms with Gasteiger partial charge < -0.3 is 20.1 Å². The molecule has 3 atom stereocenters. The molecule has 1 heterocycles. The van der Waals surface area contributed by atoms with Crippen molar-refractivity contribution in [2.75, 3.05) is 19.7 Å². The molecule has 3 aliphatic rings. The Morgan fingerprint density at radius 3 is 2.26 bits per heavy atom. The van der Waals surface area contributed by atoms with Crippen molar-refractivity contribution in [1.82, 2.24) is 10.2 Å². The predicted molar refractivity (Wildman–Crippen MR) is 131 cm³/mol. The Morgan fingerprint density at radius 2 is 1.57 bits per heavy atom. The van der Waals surface area contributed by atoms with Crippen LogP contribution in [0.1, 0.15) is 55.6 Å². The maximum Gasteiger partial charge on any atom is 0.407 e. The van der Waals surface area contributed by atoms with E-state index in [9.17, 15) is 19.5 Å². The lowest BCUT2D eigenvalue weighted by molar-refractivity contribution is -0.151. The van der Waals surface area contributed by atoms with Crippen LogP contribution in [0.25, 0.3) is 11.1 Å². The largest absolute Gasteiger partial charge is 0.480 e. The number of benzene rings is 2. The van der Waals surface area contributed by atoms with Gasteiger partial charge in [-0.15, -0.1) is 0 Å². The molecule has 1 aliphatic heterocycles. The first kappa shape index (κ1) is 23.4. The molecule has 184 valence electrons. The lowest BCUT2D eigenvalue weighted by Gasteiger charge is -2.34. The molecule has 0 aromatic heterocycles. The molecule has 2 fully saturated rings. The number of amides is 2. The maximum atomic E-state index is 13.2. The fraction of sp³-hybridized carbons (Fsp3) is 0.464. The van der Waals surface area contributed by atoms with Gasteiger partial charge >= 0.3 is 12.1 Å². The van der Waals surface area contributed by atoms with Gasteiger partial charge in [-0.2, -0.15) is 0 Å². The molecule has 2 aromatic rings. The van der Waals surface area contributed by atoms with Crippen LogP contribution in [0.3, 0.4) is 0 Å². The summed E-state index contributed by atoms with van der Waals surface area (Å²) < 4.78 is 5.65. The molecule has 7 nitrogen and oxygen atoms in total. The van der Waals surface area contributed by atoms with E-state index < -0.39 is 18.1 Å². The number of hydrogen-bond acceptors (Lipinski definition) is 4. The lowest BCUT2D eigenvalue weighted by Crippen LogP contribution is -2.47. The van der Waals surface area contributed by atoms with E-state index in [4.69, 9.17) is 4.74 Å². The molecule has 0 unspecified atom stereocenters. The van der Waals surface area contributed by atoms with E-state index in [1.165, 1.54) is 11.1 Å². The highest BCUT2D eigenvalue weighted by atomic mass is 16.5. The van der Waals surface area contributed by atoms with Crippen molar-refractivity contribution in [2.24, 2.45) is 11.8 Å². The number of carbonyl (C=O) groups is 3. The van der Waals surface area contributed by atoms with E-state index in [-0.39, 0.29) is 30.3 Å². The van der Waals surface area contributed by atoms with Crippen molar-refractivity contribution < 1.29 is 24.2 Å². The fourth-order valence-electron chi connectivity index (χ4n) is 6.14. The van der Waals surface area contributed by atoms with Gasteiger partial charge in [0.25, 0.3) is 0 Å². The van der Waals surface area contributed by atoms with E-state index in [0.29, 0.717) is 19.5 Å². The summed E-state index contributed by atoms with van der Waals surface area (Å²) in [5.41, 5.74) is 4.69. The van der Waals surface area contributed by atoms with Crippen LogP contribution in [-0.4, -0.2) is 53.7 Å². The Hall–Kier alpha value is -3.35. The minimum absolute atomic E-state index is 0.000255. The van der Waals surface area contributed by atoms with Crippen LogP contribution in [0.2, 0.25) is 0 Å². The van der Waals surface area contributed by atoms with Gasteiger partial charge in [-0.25, -0.2) is 9.59 Å². The van der Waals surface area contributed by atoms with Crippen LogP contribution in [0.5, 0.6) is 0 Å². The first-order chi connectivity index (χ1) is 17.0. The zero-order valence-corrected chi connectivity index (χ0v) is 19.8. The number of rotatable bonds is 6. The van der Waals surface area contributed by atoms with Crippen LogP contribution >= 0.6 is 0 Å². The molecule has 0 bridgehead atoms. The van der Waals surface area contributed by atoms with Gasteiger partial charge in [-0.3, -0.25) is 4.79 Å². The SMILES string of the molecule is O=C(NC[C@H]1CCCC[C@H]1C(=O)N1CCC[C@H]1C(=O)O)OCC1c2ccccc2-c2ccccc21. The predicted octanol–water partition coefficient (Wildman–Crippen LogP) is 4.41. The van der Waals surface area contributed by atoms with E-state index in [2.05, 4.69) is 29.6 Å². The molecule has 2 aliphatic carbocycles. The molecule has 2 aromatic carbocycles. The molecule has 2 amide bonds. The normalized spacial score (nSPS) is 23.4. The number of ether oxygens (including phenoxy) is 1. The highest BCUT2D eigenvalue weighted by molar-refractivity contribution is 5.86. The number of aliphatic carboxylic acids is 1. The highest BCUT2D eigenvalue weighted by Gasteiger charge is 2.40. The molecular formula is C28H32N2O5. The number of alkyl carbamates (subject to hydrolysis) is 1. The Kier molecular flexibility index (Phi) is 6.75. The van der Waals surface area contributed by atoms with Crippen LogP contribution < -0.4 is 5.32 Å². The Labute approximate surface area is 205 Å². The number of nitrogens with one attached hydrogen (secondary N) is 1. The third-order valence-electron chi connectivity index (χ3n) is 7.90. The summed E-state index contributed by atoms with van der Waals surface area (Å²) in [5.74, 6) is -1.27. The first-order valence-electron chi connectivity index (χ1n) is 12.7. The van der Waals surface area contributed by atoms with E-state index in [1.54, 1.807) is 4.90 Å². The van der Waals surface area contributed by atoms with E-state index in [1.807, 2.05) is 24.3 Å². The summed E-state index contributed by atoms with van der Waals surface area (Å²) in [6, 6.07) is 15.7. The number of carboxylic acids is 1. The summed E-state index contributed by atoms with van der Waals surface area (Å²) >= 11 is 0. The second kappa shape index (κ2) is 10.1. The summed E-state index contributed by atoms with van der Waals surface area (Å²) in [4.78, 5) is 39.0. The van der Waals surface area contributed by atoms with Crippen molar-refractivity contribution in [3.05, 3.63) is 59.7 Å². The quantitative estimate of drug-likeness (QED) is 0.644. The van der Waals surface area contributed by atoms with Crippen molar-refractivity contribution in [3.63, 3.8) is 0 Å². The van der Waals surface area contributed by atoms with Crippen LogP contribution in [0.4, 0.5) is 4.79 Å². The van der Waals surface area contributed by atoms with Gasteiger partial charge in [-0.05, 0) is 53.9 Å². The maximum absolute atomic E-state index is 13.2. The zero-order chi connectivity index (χ0) is 24.4. The lowest BCUT2D eigenvalue weighted by atomic mass is 9.78. The number of carbonyl (C=O) groups excluding carboxylic acids is 2. The molecule has 7 heteroatoms. The van der Waals surface area contributed by atoms with Crippen molar-refractivity contribution in [2.45, 2.75) is 50.5 Å².